The molecule has 12 nitrogen and oxygen atoms in total. The first-order chi connectivity index (χ1) is 36.9. The zero-order valence-corrected chi connectivity index (χ0v) is 50.7. The van der Waals surface area contributed by atoms with Crippen molar-refractivity contribution >= 4 is 68.6 Å². The molecule has 0 aliphatic heterocycles. The van der Waals surface area contributed by atoms with Crippen LogP contribution in [0, 0.1) is 20.4 Å². The van der Waals surface area contributed by atoms with Gasteiger partial charge in [-0.1, -0.05) is 170 Å². The van der Waals surface area contributed by atoms with Gasteiger partial charge in [0, 0.05) is 49.1 Å². The predicted octanol–water partition coefficient (Wildman–Crippen LogP) is 15.8. The normalized spacial score (nSPS) is 13.3. The van der Waals surface area contributed by atoms with Crippen molar-refractivity contribution in [3.63, 3.8) is 0 Å². The lowest BCUT2D eigenvalue weighted by atomic mass is 9.70. The number of aromatic nitrogens is 10. The van der Waals surface area contributed by atoms with E-state index < -0.39 is 10.8 Å². The molecule has 0 saturated carbocycles. The van der Waals surface area contributed by atoms with Gasteiger partial charge in [0.25, 0.3) is 0 Å². The summed E-state index contributed by atoms with van der Waals surface area (Å²) in [7, 11) is 3.99. The molecule has 0 saturated heterocycles. The maximum atomic E-state index is 12.3. The van der Waals surface area contributed by atoms with Gasteiger partial charge in [0.05, 0.1) is 22.1 Å². The molecule has 0 atom stereocenters. The second kappa shape index (κ2) is 19.4. The average molecular weight is 1100 g/mol. The van der Waals surface area contributed by atoms with Crippen molar-refractivity contribution in [3.05, 3.63) is 152 Å². The number of phenols is 2. The number of fused-ring (bicyclic) bond motifs is 4. The molecule has 0 spiro atoms. The number of benzene rings is 6. The Morgan fingerprint density at radius 3 is 1.05 bits per heavy atom. The molecule has 0 radical (unpaired) electrons. The van der Waals surface area contributed by atoms with E-state index in [1.807, 2.05) is 71.8 Å². The number of aryl methyl sites for hydroxylation is 4. The summed E-state index contributed by atoms with van der Waals surface area (Å²) in [6.45, 7) is 32.7. The molecule has 0 aliphatic carbocycles. The maximum Gasteiger partial charge on any atom is 0.180 e. The van der Waals surface area contributed by atoms with Gasteiger partial charge in [0.15, 0.2) is 9.54 Å². The van der Waals surface area contributed by atoms with Crippen molar-refractivity contribution in [1.82, 2.24) is 48.3 Å². The molecule has 0 bridgehead atoms. The SMILES string of the molecule is Cn1c(=S)n(CCCn2c(=S)n(C)c3cc4nn(-c5cc(C(C)(C)CC(C)(C)C)cc(C(C)(C)c6ccccc6)c5O)nc4cc32)c2cc3nn(-c4cc(C(C)(C)CC(C)(C)C)cc(C(C)(C)c5ccccc5)c4O)nc3cc21. The third-order valence-electron chi connectivity index (χ3n) is 16.5. The van der Waals surface area contributed by atoms with Crippen molar-refractivity contribution in [2.45, 2.75) is 151 Å². The van der Waals surface area contributed by atoms with Crippen LogP contribution in [0.15, 0.2) is 109 Å². The highest BCUT2D eigenvalue weighted by molar-refractivity contribution is 7.71. The Labute approximate surface area is 475 Å². The van der Waals surface area contributed by atoms with Crippen molar-refractivity contribution in [1.29, 1.82) is 0 Å². The number of hydrogen-bond donors (Lipinski definition) is 2. The van der Waals surface area contributed by atoms with Crippen molar-refractivity contribution in [3.8, 4) is 22.9 Å². The minimum atomic E-state index is -0.517. The minimum Gasteiger partial charge on any atom is -0.505 e. The first-order valence-corrected chi connectivity index (χ1v) is 28.5. The summed E-state index contributed by atoms with van der Waals surface area (Å²) in [5.74, 6) is 0.318. The van der Waals surface area contributed by atoms with Crippen molar-refractivity contribution in [2.24, 2.45) is 24.9 Å². The molecule has 4 heterocycles. The molecule has 79 heavy (non-hydrogen) atoms. The van der Waals surface area contributed by atoms with Crippen LogP contribution in [0.4, 0.5) is 0 Å². The summed E-state index contributed by atoms with van der Waals surface area (Å²) in [4.78, 5) is 3.21. The molecule has 0 fully saturated rings. The molecule has 6 aromatic carbocycles. The molecule has 10 aromatic rings. The summed E-state index contributed by atoms with van der Waals surface area (Å²) >= 11 is 12.3. The molecule has 10 rings (SSSR count). The fourth-order valence-corrected chi connectivity index (χ4v) is 13.4. The zero-order chi connectivity index (χ0) is 57.1. The van der Waals surface area contributed by atoms with Crippen LogP contribution in [0.1, 0.15) is 150 Å². The fourth-order valence-electron chi connectivity index (χ4n) is 12.8. The lowest BCUT2D eigenvalue weighted by molar-refractivity contribution is 0.283. The Morgan fingerprint density at radius 2 is 0.734 bits per heavy atom. The van der Waals surface area contributed by atoms with E-state index in [9.17, 15) is 10.2 Å². The molecule has 0 unspecified atom stereocenters. The molecular weight excluding hydrogens is 1020 g/mol. The van der Waals surface area contributed by atoms with Gasteiger partial charge in [-0.25, -0.2) is 0 Å². The summed E-state index contributed by atoms with van der Waals surface area (Å²) in [5.41, 5.74) is 12.4. The largest absolute Gasteiger partial charge is 0.505 e. The molecule has 4 aromatic heterocycles. The third-order valence-corrected chi connectivity index (χ3v) is 17.5. The zero-order valence-electron chi connectivity index (χ0n) is 49.1. The van der Waals surface area contributed by atoms with Crippen molar-refractivity contribution < 1.29 is 10.2 Å². The Kier molecular flexibility index (Phi) is 13.6. The van der Waals surface area contributed by atoms with Gasteiger partial charge in [0.1, 0.15) is 44.9 Å². The molecule has 2 N–H and O–H groups in total. The van der Waals surface area contributed by atoms with Crippen molar-refractivity contribution in [2.75, 3.05) is 0 Å². The van der Waals surface area contributed by atoms with E-state index in [0.717, 1.165) is 74.7 Å². The molecule has 412 valence electrons. The average Bonchev–Trinajstić information content (AvgIpc) is 4.36. The van der Waals surface area contributed by atoms with Crippen LogP contribution >= 0.6 is 24.4 Å². The lowest BCUT2D eigenvalue weighted by Crippen LogP contribution is -2.27. The molecule has 0 amide bonds. The standard InChI is InChI=1S/C65H78N10O2S2/c1-60(2,3)38-62(7,8)42-30-44(64(11,12)40-24-19-17-20-25-40)56(76)54(32-42)74-66-46-34-50-52(36-48(46)68-74)72(58(78)70(50)15)28-23-29-73-53-37-49-47(35-51(53)71(16)59(73)79)67-75(69-49)55-33-43(63(9,10)39-61(4,5)6)31-45(57(55)77)65(13,14)41-26-21-18-22-27-41/h17-22,24-27,30-37,76-77H,23,28-29,38-39H2,1-16H3. The smallest absolute Gasteiger partial charge is 0.180 e. The summed E-state index contributed by atoms with van der Waals surface area (Å²) in [6, 6.07) is 37.5. The van der Waals surface area contributed by atoms with E-state index >= 15 is 0 Å². The summed E-state index contributed by atoms with van der Waals surface area (Å²) < 4.78 is 9.80. The van der Waals surface area contributed by atoms with Gasteiger partial charge in [-0.15, -0.1) is 30.0 Å². The third kappa shape index (κ3) is 10.1. The topological polar surface area (TPSA) is 122 Å². The van der Waals surface area contributed by atoms with E-state index in [-0.39, 0.29) is 33.2 Å². The summed E-state index contributed by atoms with van der Waals surface area (Å²) in [5, 5.41) is 44.9. The van der Waals surface area contributed by atoms with E-state index in [0.29, 0.717) is 56.1 Å². The number of hydrogen-bond acceptors (Lipinski definition) is 8. The highest BCUT2D eigenvalue weighted by Gasteiger charge is 2.36. The maximum absolute atomic E-state index is 12.3. The fraction of sp³-hybridized carbons (Fsp3) is 0.415. The van der Waals surface area contributed by atoms with E-state index in [1.54, 1.807) is 9.59 Å². The number of imidazole rings is 2. The number of nitrogens with zero attached hydrogens (tertiary/aromatic N) is 10. The van der Waals surface area contributed by atoms with E-state index in [2.05, 4.69) is 167 Å². The van der Waals surface area contributed by atoms with Crippen LogP contribution in [0.2, 0.25) is 0 Å². The highest BCUT2D eigenvalue weighted by atomic mass is 32.1. The first kappa shape index (κ1) is 55.4. The van der Waals surface area contributed by atoms with Gasteiger partial charge in [-0.3, -0.25) is 0 Å². The van der Waals surface area contributed by atoms with Gasteiger partial charge < -0.3 is 28.5 Å². The number of rotatable bonds is 14. The van der Waals surface area contributed by atoms with E-state index in [4.69, 9.17) is 44.8 Å². The lowest BCUT2D eigenvalue weighted by Gasteiger charge is -2.35. The molecule has 0 aliphatic rings. The van der Waals surface area contributed by atoms with Gasteiger partial charge >= 0.3 is 0 Å². The van der Waals surface area contributed by atoms with Crippen LogP contribution in [-0.2, 0) is 48.8 Å². The number of aromatic hydroxyl groups is 2. The minimum absolute atomic E-state index is 0.0713. The predicted molar refractivity (Wildman–Crippen MR) is 328 cm³/mol. The second-order valence-corrected chi connectivity index (χ2v) is 27.7. The molecule has 14 heteroatoms. The number of phenolic OH excluding ortho intramolecular Hbond substituents is 2. The quantitative estimate of drug-likeness (QED) is 0.103. The van der Waals surface area contributed by atoms with Crippen LogP contribution in [0.25, 0.3) is 55.5 Å². The Hall–Kier alpha value is -6.90. The first-order valence-electron chi connectivity index (χ1n) is 27.7. The monoisotopic (exact) mass is 1090 g/mol. The van der Waals surface area contributed by atoms with Crippen LogP contribution < -0.4 is 0 Å². The second-order valence-electron chi connectivity index (χ2n) is 27.0. The Bertz CT molecular complexity index is 3850. The highest BCUT2D eigenvalue weighted by Crippen LogP contribution is 2.47. The molecular formula is C65H78N10O2S2. The van der Waals surface area contributed by atoms with Crippen LogP contribution in [-0.4, -0.2) is 58.5 Å². The van der Waals surface area contributed by atoms with Gasteiger partial charge in [-0.05, 0) is 124 Å². The van der Waals surface area contributed by atoms with E-state index in [1.165, 1.54) is 0 Å². The van der Waals surface area contributed by atoms with Gasteiger partial charge in [-0.2, -0.15) is 0 Å². The Balaban J connectivity index is 0.989. The van der Waals surface area contributed by atoms with Crippen LogP contribution in [0.3, 0.4) is 0 Å². The van der Waals surface area contributed by atoms with Gasteiger partial charge in [0.2, 0.25) is 0 Å². The van der Waals surface area contributed by atoms with Crippen LogP contribution in [0.5, 0.6) is 11.5 Å². The Morgan fingerprint density at radius 1 is 0.418 bits per heavy atom. The summed E-state index contributed by atoms with van der Waals surface area (Å²) in [6.07, 6.45) is 2.60.